The van der Waals surface area contributed by atoms with Crippen molar-refractivity contribution in [1.29, 1.82) is 0 Å². The number of hydrogen-bond acceptors (Lipinski definition) is 5. The molecule has 0 saturated heterocycles. The number of anilines is 1. The van der Waals surface area contributed by atoms with Gasteiger partial charge in [0, 0.05) is 4.90 Å². The van der Waals surface area contributed by atoms with Gasteiger partial charge in [-0.3, -0.25) is 10.1 Å². The second kappa shape index (κ2) is 4.46. The van der Waals surface area contributed by atoms with Crippen LogP contribution < -0.4 is 5.32 Å². The van der Waals surface area contributed by atoms with Crippen LogP contribution in [0.15, 0.2) is 34.7 Å². The van der Waals surface area contributed by atoms with E-state index < -0.39 is 0 Å². The second-order valence-electron chi connectivity index (χ2n) is 3.65. The summed E-state index contributed by atoms with van der Waals surface area (Å²) in [6.45, 7) is 0. The summed E-state index contributed by atoms with van der Waals surface area (Å²) in [4.78, 5) is 13.2. The van der Waals surface area contributed by atoms with Gasteiger partial charge in [-0.05, 0) is 18.1 Å². The third-order valence-corrected chi connectivity index (χ3v) is 4.45. The van der Waals surface area contributed by atoms with Gasteiger partial charge in [-0.2, -0.15) is 0 Å². The number of rotatable bonds is 2. The van der Waals surface area contributed by atoms with Gasteiger partial charge in [-0.1, -0.05) is 29.5 Å². The number of thioether (sulfide) groups is 1. The molecule has 6 heteroatoms. The van der Waals surface area contributed by atoms with E-state index in [0.29, 0.717) is 5.13 Å². The number of carbonyl (C=O) groups is 1. The van der Waals surface area contributed by atoms with E-state index in [-0.39, 0.29) is 11.2 Å². The molecule has 0 fully saturated rings. The van der Waals surface area contributed by atoms with E-state index >= 15 is 0 Å². The Bertz CT molecular complexity index is 516. The summed E-state index contributed by atoms with van der Waals surface area (Å²) in [6, 6.07) is 8.13. The van der Waals surface area contributed by atoms with Crippen molar-refractivity contribution in [1.82, 2.24) is 10.2 Å². The van der Waals surface area contributed by atoms with Gasteiger partial charge < -0.3 is 0 Å². The van der Waals surface area contributed by atoms with Crippen molar-refractivity contribution in [3.05, 3.63) is 35.3 Å². The van der Waals surface area contributed by atoms with Gasteiger partial charge in [-0.15, -0.1) is 22.0 Å². The van der Waals surface area contributed by atoms with Crippen LogP contribution in [0.2, 0.25) is 0 Å². The smallest absolute Gasteiger partial charge is 0.240 e. The first kappa shape index (κ1) is 10.7. The molecule has 0 spiro atoms. The summed E-state index contributed by atoms with van der Waals surface area (Å²) in [6.07, 6.45) is 0.783. The lowest BCUT2D eigenvalue weighted by Crippen LogP contribution is -2.24. The number of carbonyl (C=O) groups excluding carboxylic acids is 1. The molecule has 0 radical (unpaired) electrons. The van der Waals surface area contributed by atoms with Crippen molar-refractivity contribution in [3.63, 3.8) is 0 Å². The average molecular weight is 263 g/mol. The van der Waals surface area contributed by atoms with Crippen molar-refractivity contribution >= 4 is 34.1 Å². The Hall–Kier alpha value is -1.40. The summed E-state index contributed by atoms with van der Waals surface area (Å²) < 4.78 is 0. The SMILES string of the molecule is O=C(Nc1nncs1)C1Cc2ccccc2S1. The number of fused-ring (bicyclic) bond motifs is 1. The highest BCUT2D eigenvalue weighted by Crippen LogP contribution is 2.37. The van der Waals surface area contributed by atoms with Gasteiger partial charge in [-0.25, -0.2) is 0 Å². The zero-order valence-corrected chi connectivity index (χ0v) is 10.4. The predicted octanol–water partition coefficient (Wildman–Crippen LogP) is 2.19. The van der Waals surface area contributed by atoms with Crippen LogP contribution in [0.1, 0.15) is 5.56 Å². The molecule has 86 valence electrons. The molecule has 1 aliphatic rings. The van der Waals surface area contributed by atoms with Gasteiger partial charge >= 0.3 is 0 Å². The van der Waals surface area contributed by atoms with E-state index in [1.807, 2.05) is 12.1 Å². The monoisotopic (exact) mass is 263 g/mol. The summed E-state index contributed by atoms with van der Waals surface area (Å²) >= 11 is 2.94. The zero-order valence-electron chi connectivity index (χ0n) is 8.79. The highest BCUT2D eigenvalue weighted by molar-refractivity contribution is 8.01. The van der Waals surface area contributed by atoms with E-state index in [2.05, 4.69) is 27.6 Å². The largest absolute Gasteiger partial charge is 0.300 e. The maximum Gasteiger partial charge on any atom is 0.240 e. The Kier molecular flexibility index (Phi) is 2.82. The number of aromatic nitrogens is 2. The Balaban J connectivity index is 1.70. The highest BCUT2D eigenvalue weighted by Gasteiger charge is 2.28. The number of nitrogens with one attached hydrogen (secondary N) is 1. The van der Waals surface area contributed by atoms with E-state index in [1.54, 1.807) is 17.3 Å². The normalized spacial score (nSPS) is 17.8. The van der Waals surface area contributed by atoms with Crippen LogP contribution in [0, 0.1) is 0 Å². The molecule has 2 aromatic rings. The van der Waals surface area contributed by atoms with Crippen molar-refractivity contribution in [2.45, 2.75) is 16.6 Å². The number of amides is 1. The Morgan fingerprint density at radius 2 is 2.29 bits per heavy atom. The van der Waals surface area contributed by atoms with Gasteiger partial charge in [0.1, 0.15) is 5.51 Å². The molecule has 1 N–H and O–H groups in total. The first-order chi connectivity index (χ1) is 8.33. The Labute approximate surface area is 106 Å². The standard InChI is InChI=1S/C11H9N3OS2/c15-10(13-11-14-12-6-16-11)9-5-7-3-1-2-4-8(7)17-9/h1-4,6,9H,5H2,(H,13,14,15). The van der Waals surface area contributed by atoms with Crippen LogP contribution in [0.25, 0.3) is 0 Å². The minimum Gasteiger partial charge on any atom is -0.300 e. The van der Waals surface area contributed by atoms with Gasteiger partial charge in [0.2, 0.25) is 11.0 Å². The molecule has 1 aromatic heterocycles. The number of nitrogens with zero attached hydrogens (tertiary/aromatic N) is 2. The third-order valence-electron chi connectivity index (χ3n) is 2.53. The molecule has 0 aliphatic carbocycles. The Morgan fingerprint density at radius 1 is 1.41 bits per heavy atom. The third kappa shape index (κ3) is 2.18. The topological polar surface area (TPSA) is 54.9 Å². The molecule has 1 aromatic carbocycles. The molecule has 17 heavy (non-hydrogen) atoms. The first-order valence-electron chi connectivity index (χ1n) is 5.14. The van der Waals surface area contributed by atoms with Crippen molar-refractivity contribution in [2.24, 2.45) is 0 Å². The van der Waals surface area contributed by atoms with Crippen LogP contribution in [0.3, 0.4) is 0 Å². The van der Waals surface area contributed by atoms with Crippen molar-refractivity contribution in [2.75, 3.05) is 5.32 Å². The summed E-state index contributed by atoms with van der Waals surface area (Å²) in [7, 11) is 0. The van der Waals surface area contributed by atoms with Crippen molar-refractivity contribution < 1.29 is 4.79 Å². The molecule has 0 bridgehead atoms. The zero-order chi connectivity index (χ0) is 11.7. The minimum absolute atomic E-state index is 0.00273. The average Bonchev–Trinajstić information content (AvgIpc) is 2.96. The maximum absolute atomic E-state index is 12.0. The highest BCUT2D eigenvalue weighted by atomic mass is 32.2. The lowest BCUT2D eigenvalue weighted by molar-refractivity contribution is -0.115. The fourth-order valence-electron chi connectivity index (χ4n) is 1.74. The van der Waals surface area contributed by atoms with Gasteiger partial charge in [0.05, 0.1) is 5.25 Å². The van der Waals surface area contributed by atoms with Crippen LogP contribution in [-0.2, 0) is 11.2 Å². The van der Waals surface area contributed by atoms with Gasteiger partial charge in [0.15, 0.2) is 0 Å². The van der Waals surface area contributed by atoms with E-state index in [1.165, 1.54) is 21.8 Å². The number of benzene rings is 1. The maximum atomic E-state index is 12.0. The fourth-order valence-corrected chi connectivity index (χ4v) is 3.38. The predicted molar refractivity (Wildman–Crippen MR) is 68.3 cm³/mol. The van der Waals surface area contributed by atoms with Crippen LogP contribution in [-0.4, -0.2) is 21.4 Å². The minimum atomic E-state index is -0.0590. The van der Waals surface area contributed by atoms with Crippen LogP contribution >= 0.6 is 23.1 Å². The van der Waals surface area contributed by atoms with Crippen LogP contribution in [0.5, 0.6) is 0 Å². The fraction of sp³-hybridized carbons (Fsp3) is 0.182. The molecular weight excluding hydrogens is 254 g/mol. The molecule has 1 atom stereocenters. The molecule has 1 aliphatic heterocycles. The van der Waals surface area contributed by atoms with Crippen LogP contribution in [0.4, 0.5) is 5.13 Å². The molecule has 1 unspecified atom stereocenters. The molecule has 3 rings (SSSR count). The van der Waals surface area contributed by atoms with Crippen molar-refractivity contribution in [3.8, 4) is 0 Å². The van der Waals surface area contributed by atoms with E-state index in [0.717, 1.165) is 6.42 Å². The summed E-state index contributed by atoms with van der Waals surface area (Å²) in [5, 5.41) is 10.8. The van der Waals surface area contributed by atoms with Gasteiger partial charge in [0.25, 0.3) is 0 Å². The Morgan fingerprint density at radius 3 is 3.06 bits per heavy atom. The summed E-state index contributed by atoms with van der Waals surface area (Å²) in [5.74, 6) is 0.00273. The molecular formula is C11H9N3OS2. The molecule has 2 heterocycles. The molecule has 4 nitrogen and oxygen atoms in total. The van der Waals surface area contributed by atoms with E-state index in [9.17, 15) is 4.79 Å². The number of hydrogen-bond donors (Lipinski definition) is 1. The van der Waals surface area contributed by atoms with E-state index in [4.69, 9.17) is 0 Å². The first-order valence-corrected chi connectivity index (χ1v) is 6.90. The lowest BCUT2D eigenvalue weighted by atomic mass is 10.1. The second-order valence-corrected chi connectivity index (χ2v) is 5.73. The lowest BCUT2D eigenvalue weighted by Gasteiger charge is -2.06. The summed E-state index contributed by atoms with van der Waals surface area (Å²) in [5.41, 5.74) is 2.85. The molecule has 0 saturated carbocycles. The molecule has 1 amide bonds. The quantitative estimate of drug-likeness (QED) is 0.902.